The molecule has 1 heterocycles. The number of nitrogens with two attached hydrogens (primary N) is 1. The third kappa shape index (κ3) is 5.06. The summed E-state index contributed by atoms with van der Waals surface area (Å²) in [6, 6.07) is 0.177. The smallest absolute Gasteiger partial charge is 0.237 e. The largest absolute Gasteiger partial charge is 0.381 e. The molecule has 1 aliphatic heterocycles. The molecule has 9 heteroatoms. The molecule has 0 radical (unpaired) electrons. The minimum absolute atomic E-state index is 0. The minimum atomic E-state index is -3.46. The number of hydrogen-bond acceptors (Lipinski definition) is 5. The molecular formula is C13H26ClN3O4S. The lowest BCUT2D eigenvalue weighted by Gasteiger charge is -2.19. The molecule has 1 saturated carbocycles. The van der Waals surface area contributed by atoms with Gasteiger partial charge in [-0.2, -0.15) is 0 Å². The monoisotopic (exact) mass is 355 g/mol. The molecule has 2 aliphatic rings. The predicted octanol–water partition coefficient (Wildman–Crippen LogP) is -0.440. The summed E-state index contributed by atoms with van der Waals surface area (Å²) in [5, 5.41) is 0. The molecule has 1 aliphatic carbocycles. The number of hydrogen-bond donors (Lipinski definition) is 2. The van der Waals surface area contributed by atoms with Crippen molar-refractivity contribution in [1.29, 1.82) is 0 Å². The van der Waals surface area contributed by atoms with Gasteiger partial charge in [0.2, 0.25) is 15.9 Å². The van der Waals surface area contributed by atoms with Gasteiger partial charge in [-0.1, -0.05) is 0 Å². The number of amides is 1. The third-order valence-corrected chi connectivity index (χ3v) is 5.70. The standard InChI is InChI=1S/C13H25N3O4S.ClH/c1-2-20-5-6-21(18,19)15-7-13(17)16-8-10-3-4-12(14)11(10)9-16;/h10-12,15H,2-9,14H2,1H3;1H. The van der Waals surface area contributed by atoms with E-state index in [2.05, 4.69) is 4.72 Å². The zero-order chi connectivity index (χ0) is 15.5. The van der Waals surface area contributed by atoms with Gasteiger partial charge in [0.25, 0.3) is 0 Å². The summed E-state index contributed by atoms with van der Waals surface area (Å²) >= 11 is 0. The maximum absolute atomic E-state index is 12.1. The van der Waals surface area contributed by atoms with Gasteiger partial charge in [0.1, 0.15) is 0 Å². The van der Waals surface area contributed by atoms with E-state index in [0.29, 0.717) is 31.5 Å². The van der Waals surface area contributed by atoms with Crippen LogP contribution in [0.4, 0.5) is 0 Å². The summed E-state index contributed by atoms with van der Waals surface area (Å²) in [6.07, 6.45) is 2.09. The van der Waals surface area contributed by atoms with Crippen molar-refractivity contribution in [3.8, 4) is 0 Å². The van der Waals surface area contributed by atoms with E-state index in [1.807, 2.05) is 0 Å². The number of likely N-dealkylation sites (tertiary alicyclic amines) is 1. The first kappa shape index (κ1) is 19.6. The van der Waals surface area contributed by atoms with Crippen LogP contribution in [0.5, 0.6) is 0 Å². The van der Waals surface area contributed by atoms with Crippen LogP contribution in [-0.4, -0.2) is 63.9 Å². The molecule has 0 aromatic carbocycles. The quantitative estimate of drug-likeness (QED) is 0.603. The van der Waals surface area contributed by atoms with Crippen LogP contribution in [0.3, 0.4) is 0 Å². The summed E-state index contributed by atoms with van der Waals surface area (Å²) in [5.41, 5.74) is 6.03. The van der Waals surface area contributed by atoms with Gasteiger partial charge in [0, 0.05) is 25.7 Å². The highest BCUT2D eigenvalue weighted by Crippen LogP contribution is 2.36. The first-order valence-corrected chi connectivity index (χ1v) is 9.16. The number of nitrogens with one attached hydrogen (secondary N) is 1. The second-order valence-electron chi connectivity index (χ2n) is 5.80. The van der Waals surface area contributed by atoms with Crippen LogP contribution in [0.15, 0.2) is 0 Å². The van der Waals surface area contributed by atoms with Crippen molar-refractivity contribution in [1.82, 2.24) is 9.62 Å². The highest BCUT2D eigenvalue weighted by Gasteiger charge is 2.42. The number of carbonyl (C=O) groups excluding carboxylic acids is 1. The molecule has 3 N–H and O–H groups in total. The van der Waals surface area contributed by atoms with Crippen molar-refractivity contribution in [2.75, 3.05) is 38.6 Å². The Morgan fingerprint density at radius 2 is 2.09 bits per heavy atom. The van der Waals surface area contributed by atoms with Gasteiger partial charge in [-0.05, 0) is 31.6 Å². The van der Waals surface area contributed by atoms with Gasteiger partial charge in [0.05, 0.1) is 18.9 Å². The number of carbonyl (C=O) groups is 1. The third-order valence-electron chi connectivity index (χ3n) is 4.41. The van der Waals surface area contributed by atoms with Crippen molar-refractivity contribution in [2.45, 2.75) is 25.8 Å². The van der Waals surface area contributed by atoms with E-state index in [-0.39, 0.29) is 43.3 Å². The van der Waals surface area contributed by atoms with E-state index < -0.39 is 10.0 Å². The Bertz CT molecular complexity index is 474. The number of ether oxygens (including phenoxy) is 1. The van der Waals surface area contributed by atoms with Crippen molar-refractivity contribution >= 4 is 28.3 Å². The lowest BCUT2D eigenvalue weighted by atomic mass is 9.98. The number of nitrogens with zero attached hydrogens (tertiary/aromatic N) is 1. The van der Waals surface area contributed by atoms with Crippen LogP contribution in [0.25, 0.3) is 0 Å². The lowest BCUT2D eigenvalue weighted by molar-refractivity contribution is -0.129. The van der Waals surface area contributed by atoms with E-state index in [0.717, 1.165) is 12.8 Å². The predicted molar refractivity (Wildman–Crippen MR) is 86.3 cm³/mol. The summed E-state index contributed by atoms with van der Waals surface area (Å²) in [5.74, 6) is 0.572. The lowest BCUT2D eigenvalue weighted by Crippen LogP contribution is -2.41. The normalized spacial score (nSPS) is 27.5. The average Bonchev–Trinajstić information content (AvgIpc) is 2.99. The van der Waals surface area contributed by atoms with E-state index in [4.69, 9.17) is 10.5 Å². The molecule has 0 aromatic heterocycles. The number of sulfonamides is 1. The molecule has 1 amide bonds. The van der Waals surface area contributed by atoms with E-state index in [1.165, 1.54) is 0 Å². The second kappa shape index (κ2) is 8.44. The number of fused-ring (bicyclic) bond motifs is 1. The number of halogens is 1. The fraction of sp³-hybridized carbons (Fsp3) is 0.923. The molecule has 2 rings (SSSR count). The Labute approximate surface area is 138 Å². The summed E-state index contributed by atoms with van der Waals surface area (Å²) in [4.78, 5) is 13.8. The zero-order valence-corrected chi connectivity index (χ0v) is 14.5. The van der Waals surface area contributed by atoms with Gasteiger partial charge >= 0.3 is 0 Å². The van der Waals surface area contributed by atoms with Gasteiger partial charge in [0.15, 0.2) is 0 Å². The fourth-order valence-corrected chi connectivity index (χ4v) is 4.00. The van der Waals surface area contributed by atoms with E-state index in [1.54, 1.807) is 11.8 Å². The first-order chi connectivity index (χ1) is 9.93. The molecule has 0 spiro atoms. The molecule has 3 unspecified atom stereocenters. The van der Waals surface area contributed by atoms with E-state index in [9.17, 15) is 13.2 Å². The Morgan fingerprint density at radius 3 is 2.73 bits per heavy atom. The molecule has 130 valence electrons. The second-order valence-corrected chi connectivity index (χ2v) is 7.73. The molecule has 1 saturated heterocycles. The minimum Gasteiger partial charge on any atom is -0.381 e. The molecule has 0 aromatic rings. The summed E-state index contributed by atoms with van der Waals surface area (Å²) in [7, 11) is -3.46. The molecule has 7 nitrogen and oxygen atoms in total. The van der Waals surface area contributed by atoms with Gasteiger partial charge < -0.3 is 15.4 Å². The summed E-state index contributed by atoms with van der Waals surface area (Å²) < 4.78 is 30.7. The SMILES string of the molecule is CCOCCS(=O)(=O)NCC(=O)N1CC2CCC(N)C2C1.Cl. The van der Waals surface area contributed by atoms with Crippen molar-refractivity contribution < 1.29 is 17.9 Å². The molecular weight excluding hydrogens is 330 g/mol. The first-order valence-electron chi connectivity index (χ1n) is 7.51. The molecule has 3 atom stereocenters. The molecule has 22 heavy (non-hydrogen) atoms. The van der Waals surface area contributed by atoms with Gasteiger partial charge in [-0.3, -0.25) is 4.79 Å². The highest BCUT2D eigenvalue weighted by molar-refractivity contribution is 7.89. The van der Waals surface area contributed by atoms with Crippen molar-refractivity contribution in [3.63, 3.8) is 0 Å². The van der Waals surface area contributed by atoms with Gasteiger partial charge in [-0.25, -0.2) is 13.1 Å². The van der Waals surface area contributed by atoms with Crippen LogP contribution in [0.2, 0.25) is 0 Å². The highest BCUT2D eigenvalue weighted by atomic mass is 35.5. The van der Waals surface area contributed by atoms with E-state index >= 15 is 0 Å². The maximum Gasteiger partial charge on any atom is 0.237 e. The topological polar surface area (TPSA) is 102 Å². The van der Waals surface area contributed by atoms with Crippen LogP contribution in [0.1, 0.15) is 19.8 Å². The van der Waals surface area contributed by atoms with Crippen molar-refractivity contribution in [3.05, 3.63) is 0 Å². The Morgan fingerprint density at radius 1 is 1.36 bits per heavy atom. The van der Waals surface area contributed by atoms with Crippen LogP contribution >= 0.6 is 12.4 Å². The zero-order valence-electron chi connectivity index (χ0n) is 12.9. The van der Waals surface area contributed by atoms with Crippen LogP contribution in [0, 0.1) is 11.8 Å². The Balaban J connectivity index is 0.00000242. The van der Waals surface area contributed by atoms with Crippen molar-refractivity contribution in [2.24, 2.45) is 17.6 Å². The van der Waals surface area contributed by atoms with Crippen LogP contribution < -0.4 is 10.5 Å². The molecule has 2 fully saturated rings. The summed E-state index contributed by atoms with van der Waals surface area (Å²) in [6.45, 7) is 3.61. The van der Waals surface area contributed by atoms with Gasteiger partial charge in [-0.15, -0.1) is 12.4 Å². The Kier molecular flexibility index (Phi) is 7.54. The number of rotatable bonds is 7. The maximum atomic E-state index is 12.1. The fourth-order valence-electron chi connectivity index (χ4n) is 3.18. The average molecular weight is 356 g/mol. The Hall–Kier alpha value is -0.410. The van der Waals surface area contributed by atoms with Crippen LogP contribution in [-0.2, 0) is 19.6 Å². The molecule has 0 bridgehead atoms.